The summed E-state index contributed by atoms with van der Waals surface area (Å²) in [5, 5.41) is 9.15. The van der Waals surface area contributed by atoms with Gasteiger partial charge in [-0.15, -0.1) is 11.3 Å². The summed E-state index contributed by atoms with van der Waals surface area (Å²) in [6, 6.07) is 0. The third-order valence-electron chi connectivity index (χ3n) is 5.50. The normalized spacial score (nSPS) is 17.3. The van der Waals surface area contributed by atoms with Gasteiger partial charge >= 0.3 is 0 Å². The van der Waals surface area contributed by atoms with Gasteiger partial charge in [0.05, 0.1) is 5.39 Å². The monoisotopic (exact) mass is 372 g/mol. The number of hydrogen-bond donors (Lipinski definition) is 1. The van der Waals surface area contributed by atoms with Crippen LogP contribution in [0, 0.1) is 5.92 Å². The van der Waals surface area contributed by atoms with E-state index < -0.39 is 0 Å². The van der Waals surface area contributed by atoms with Gasteiger partial charge in [0.25, 0.3) is 0 Å². The molecule has 4 rings (SSSR count). The van der Waals surface area contributed by atoms with E-state index in [4.69, 9.17) is 4.98 Å². The van der Waals surface area contributed by atoms with Gasteiger partial charge in [0.2, 0.25) is 5.95 Å². The Balaban J connectivity index is 1.61. The molecule has 26 heavy (non-hydrogen) atoms. The standard InChI is InChI=1S/C19H28N6S/c1-4-24(5-2)10-6-9-20-19-23-18-16(17-21-12-22-25(17)19)14-11-13(3)7-8-15(14)26-18/h12-13H,4-11H2,1-3H3,(H,20,23)/t13-/m0/s1. The first kappa shape index (κ1) is 17.7. The Morgan fingerprint density at radius 3 is 3.00 bits per heavy atom. The van der Waals surface area contributed by atoms with E-state index in [1.54, 1.807) is 6.33 Å². The molecular formula is C19H28N6S. The minimum atomic E-state index is 0.737. The molecule has 0 aromatic carbocycles. The maximum atomic E-state index is 4.92. The fraction of sp³-hybridized carbons (Fsp3) is 0.632. The highest BCUT2D eigenvalue weighted by Gasteiger charge is 2.24. The number of aryl methyl sites for hydroxylation is 1. The van der Waals surface area contributed by atoms with Crippen LogP contribution < -0.4 is 5.32 Å². The topological polar surface area (TPSA) is 58.3 Å². The van der Waals surface area contributed by atoms with Crippen molar-refractivity contribution >= 4 is 33.1 Å². The molecule has 3 heterocycles. The zero-order valence-corrected chi connectivity index (χ0v) is 16.8. The molecule has 0 aliphatic heterocycles. The van der Waals surface area contributed by atoms with Crippen molar-refractivity contribution < 1.29 is 0 Å². The second kappa shape index (κ2) is 7.48. The van der Waals surface area contributed by atoms with Crippen molar-refractivity contribution in [3.63, 3.8) is 0 Å². The van der Waals surface area contributed by atoms with E-state index in [1.165, 1.54) is 28.7 Å². The van der Waals surface area contributed by atoms with Gasteiger partial charge in [0.15, 0.2) is 5.65 Å². The van der Waals surface area contributed by atoms with Crippen molar-refractivity contribution in [2.75, 3.05) is 31.5 Å². The minimum Gasteiger partial charge on any atom is -0.354 e. The van der Waals surface area contributed by atoms with Crippen LogP contribution in [-0.4, -0.2) is 50.7 Å². The summed E-state index contributed by atoms with van der Waals surface area (Å²) in [4.78, 5) is 14.5. The van der Waals surface area contributed by atoms with Gasteiger partial charge in [-0.3, -0.25) is 0 Å². The zero-order valence-electron chi connectivity index (χ0n) is 16.0. The average molecular weight is 373 g/mol. The second-order valence-corrected chi connectivity index (χ2v) is 8.35. The number of thiophene rings is 1. The van der Waals surface area contributed by atoms with Crippen LogP contribution in [0.4, 0.5) is 5.95 Å². The number of nitrogens with one attached hydrogen (secondary N) is 1. The van der Waals surface area contributed by atoms with E-state index >= 15 is 0 Å². The molecule has 140 valence electrons. The molecule has 0 radical (unpaired) electrons. The van der Waals surface area contributed by atoms with Crippen molar-refractivity contribution in [3.05, 3.63) is 16.8 Å². The number of hydrogen-bond acceptors (Lipinski definition) is 6. The van der Waals surface area contributed by atoms with Crippen molar-refractivity contribution in [1.82, 2.24) is 24.5 Å². The number of aromatic nitrogens is 4. The summed E-state index contributed by atoms with van der Waals surface area (Å²) >= 11 is 1.85. The van der Waals surface area contributed by atoms with Gasteiger partial charge < -0.3 is 10.2 Å². The van der Waals surface area contributed by atoms with E-state index in [1.807, 2.05) is 15.9 Å². The molecule has 0 bridgehead atoms. The van der Waals surface area contributed by atoms with Crippen molar-refractivity contribution in [2.45, 2.75) is 46.5 Å². The molecule has 0 spiro atoms. The SMILES string of the molecule is CCN(CC)CCCNc1nc2sc3c(c2c2ncnn12)C[C@@H](C)CC3. The maximum Gasteiger partial charge on any atom is 0.227 e. The lowest BCUT2D eigenvalue weighted by Crippen LogP contribution is -2.25. The lowest BCUT2D eigenvalue weighted by atomic mass is 9.89. The lowest BCUT2D eigenvalue weighted by molar-refractivity contribution is 0.303. The molecule has 1 aliphatic rings. The first-order chi connectivity index (χ1) is 12.7. The molecule has 0 unspecified atom stereocenters. The molecule has 0 fully saturated rings. The Kier molecular flexibility index (Phi) is 5.09. The number of anilines is 1. The molecule has 0 saturated carbocycles. The van der Waals surface area contributed by atoms with Gasteiger partial charge in [0.1, 0.15) is 11.2 Å². The molecule has 3 aromatic rings. The molecule has 1 N–H and O–H groups in total. The van der Waals surface area contributed by atoms with Crippen molar-refractivity contribution in [1.29, 1.82) is 0 Å². The first-order valence-electron chi connectivity index (χ1n) is 9.81. The van der Waals surface area contributed by atoms with Gasteiger partial charge in [0, 0.05) is 11.4 Å². The van der Waals surface area contributed by atoms with Crippen LogP contribution in [0.15, 0.2) is 6.33 Å². The van der Waals surface area contributed by atoms with Gasteiger partial charge in [-0.1, -0.05) is 20.8 Å². The second-order valence-electron chi connectivity index (χ2n) is 7.27. The van der Waals surface area contributed by atoms with Crippen LogP contribution in [0.25, 0.3) is 15.9 Å². The average Bonchev–Trinajstić information content (AvgIpc) is 3.25. The number of rotatable bonds is 7. The fourth-order valence-electron chi connectivity index (χ4n) is 3.92. The molecular weight excluding hydrogens is 344 g/mol. The minimum absolute atomic E-state index is 0.737. The number of nitrogens with zero attached hydrogens (tertiary/aromatic N) is 5. The maximum absolute atomic E-state index is 4.92. The first-order valence-corrected chi connectivity index (χ1v) is 10.6. The molecule has 0 amide bonds. The van der Waals surface area contributed by atoms with Gasteiger partial charge in [-0.05, 0) is 56.8 Å². The summed E-state index contributed by atoms with van der Waals surface area (Å²) < 4.78 is 1.88. The van der Waals surface area contributed by atoms with Crippen LogP contribution in [0.5, 0.6) is 0 Å². The van der Waals surface area contributed by atoms with Crippen LogP contribution in [0.1, 0.15) is 44.1 Å². The fourth-order valence-corrected chi connectivity index (χ4v) is 5.13. The van der Waals surface area contributed by atoms with E-state index in [9.17, 15) is 0 Å². The third-order valence-corrected chi connectivity index (χ3v) is 6.68. The Bertz CT molecular complexity index is 894. The molecule has 1 atom stereocenters. The predicted molar refractivity (Wildman–Crippen MR) is 108 cm³/mol. The Morgan fingerprint density at radius 2 is 2.19 bits per heavy atom. The Hall–Kier alpha value is -1.73. The van der Waals surface area contributed by atoms with Crippen LogP contribution in [-0.2, 0) is 12.8 Å². The highest BCUT2D eigenvalue weighted by molar-refractivity contribution is 7.19. The molecule has 0 saturated heterocycles. The number of fused-ring (bicyclic) bond motifs is 5. The molecule has 3 aromatic heterocycles. The Morgan fingerprint density at radius 1 is 1.35 bits per heavy atom. The van der Waals surface area contributed by atoms with E-state index in [2.05, 4.69) is 41.1 Å². The summed E-state index contributed by atoms with van der Waals surface area (Å²) in [7, 11) is 0. The zero-order chi connectivity index (χ0) is 18.1. The van der Waals surface area contributed by atoms with Crippen LogP contribution in [0.3, 0.4) is 0 Å². The molecule has 6 nitrogen and oxygen atoms in total. The quantitative estimate of drug-likeness (QED) is 0.642. The summed E-state index contributed by atoms with van der Waals surface area (Å²) in [6.07, 6.45) is 6.32. The largest absolute Gasteiger partial charge is 0.354 e. The highest BCUT2D eigenvalue weighted by atomic mass is 32.1. The van der Waals surface area contributed by atoms with E-state index in [0.29, 0.717) is 0 Å². The summed E-state index contributed by atoms with van der Waals surface area (Å²) in [6.45, 7) is 11.0. The van der Waals surface area contributed by atoms with Crippen LogP contribution in [0.2, 0.25) is 0 Å². The molecule has 7 heteroatoms. The van der Waals surface area contributed by atoms with Crippen LogP contribution >= 0.6 is 11.3 Å². The highest BCUT2D eigenvalue weighted by Crippen LogP contribution is 2.39. The predicted octanol–water partition coefficient (Wildman–Crippen LogP) is 3.61. The van der Waals surface area contributed by atoms with Crippen molar-refractivity contribution in [2.24, 2.45) is 5.92 Å². The van der Waals surface area contributed by atoms with E-state index in [-0.39, 0.29) is 0 Å². The van der Waals surface area contributed by atoms with Crippen molar-refractivity contribution in [3.8, 4) is 0 Å². The van der Waals surface area contributed by atoms with Gasteiger partial charge in [-0.25, -0.2) is 9.97 Å². The summed E-state index contributed by atoms with van der Waals surface area (Å²) in [5.41, 5.74) is 2.41. The van der Waals surface area contributed by atoms with Gasteiger partial charge in [-0.2, -0.15) is 9.61 Å². The Labute approximate surface area is 158 Å². The van der Waals surface area contributed by atoms with E-state index in [0.717, 1.165) is 61.4 Å². The summed E-state index contributed by atoms with van der Waals surface area (Å²) in [5.74, 6) is 1.55. The lowest BCUT2D eigenvalue weighted by Gasteiger charge is -2.18. The molecule has 1 aliphatic carbocycles. The third kappa shape index (κ3) is 3.18. The smallest absolute Gasteiger partial charge is 0.227 e.